The van der Waals surface area contributed by atoms with E-state index in [9.17, 15) is 9.59 Å². The van der Waals surface area contributed by atoms with Gasteiger partial charge in [0.2, 0.25) is 11.8 Å². The van der Waals surface area contributed by atoms with Gasteiger partial charge in [0.25, 0.3) is 0 Å². The molecule has 0 bridgehead atoms. The second-order valence-corrected chi connectivity index (χ2v) is 5.93. The summed E-state index contributed by atoms with van der Waals surface area (Å²) < 4.78 is 1.36. The van der Waals surface area contributed by atoms with Crippen molar-refractivity contribution in [1.82, 2.24) is 30.0 Å². The van der Waals surface area contributed by atoms with Crippen LogP contribution in [-0.2, 0) is 16.1 Å². The number of hydrogen-bond donors (Lipinski definition) is 0. The van der Waals surface area contributed by atoms with Crippen LogP contribution in [0, 0.1) is 0 Å². The standard InChI is InChI=1S/C11H18N6O2S/c1-8(2)15(3)11(19)9-5-20-7-17(9)10(18)4-16-6-12-13-14-16/h6,8-9H,4-5,7H2,1-3H3/t9-/m0/s1. The van der Waals surface area contributed by atoms with Crippen LogP contribution in [0.5, 0.6) is 0 Å². The number of likely N-dealkylation sites (N-methyl/N-ethyl adjacent to an activating group) is 1. The fourth-order valence-corrected chi connectivity index (χ4v) is 3.04. The van der Waals surface area contributed by atoms with Crippen LogP contribution < -0.4 is 0 Å². The molecule has 2 rings (SSSR count). The summed E-state index contributed by atoms with van der Waals surface area (Å²) in [5.41, 5.74) is 0. The van der Waals surface area contributed by atoms with Crippen molar-refractivity contribution in [2.24, 2.45) is 0 Å². The number of hydrogen-bond acceptors (Lipinski definition) is 6. The van der Waals surface area contributed by atoms with Crippen LogP contribution in [0.2, 0.25) is 0 Å². The Hall–Kier alpha value is -1.64. The number of amides is 2. The van der Waals surface area contributed by atoms with E-state index in [1.165, 1.54) is 11.0 Å². The summed E-state index contributed by atoms with van der Waals surface area (Å²) in [6.07, 6.45) is 1.39. The first-order valence-electron chi connectivity index (χ1n) is 6.35. The molecule has 9 heteroatoms. The summed E-state index contributed by atoms with van der Waals surface area (Å²) in [5.74, 6) is 1.01. The first-order valence-corrected chi connectivity index (χ1v) is 7.51. The Morgan fingerprint density at radius 3 is 2.85 bits per heavy atom. The zero-order valence-electron chi connectivity index (χ0n) is 11.8. The number of rotatable bonds is 4. The van der Waals surface area contributed by atoms with Gasteiger partial charge in [0, 0.05) is 18.8 Å². The molecular formula is C11H18N6O2S. The normalized spacial score (nSPS) is 18.6. The monoisotopic (exact) mass is 298 g/mol. The van der Waals surface area contributed by atoms with E-state index < -0.39 is 6.04 Å². The van der Waals surface area contributed by atoms with E-state index >= 15 is 0 Å². The van der Waals surface area contributed by atoms with Crippen molar-refractivity contribution in [1.29, 1.82) is 0 Å². The maximum atomic E-state index is 12.4. The molecule has 1 aromatic heterocycles. The zero-order valence-corrected chi connectivity index (χ0v) is 12.6. The van der Waals surface area contributed by atoms with Crippen LogP contribution in [-0.4, -0.2) is 72.6 Å². The number of carbonyl (C=O) groups excluding carboxylic acids is 2. The van der Waals surface area contributed by atoms with Crippen LogP contribution in [0.4, 0.5) is 0 Å². The molecule has 8 nitrogen and oxygen atoms in total. The molecule has 1 saturated heterocycles. The summed E-state index contributed by atoms with van der Waals surface area (Å²) in [6, 6.07) is -0.277. The highest BCUT2D eigenvalue weighted by molar-refractivity contribution is 7.99. The number of aromatic nitrogens is 4. The molecule has 1 aromatic rings. The minimum absolute atomic E-state index is 0.0185. The van der Waals surface area contributed by atoms with E-state index in [2.05, 4.69) is 15.5 Å². The van der Waals surface area contributed by atoms with Gasteiger partial charge in [-0.2, -0.15) is 0 Å². The molecule has 1 atom stereocenters. The first kappa shape index (κ1) is 14.8. The number of thioether (sulfide) groups is 1. The molecule has 0 aromatic carbocycles. The molecule has 1 fully saturated rings. The van der Waals surface area contributed by atoms with Gasteiger partial charge in [-0.15, -0.1) is 16.9 Å². The largest absolute Gasteiger partial charge is 0.342 e. The molecule has 0 unspecified atom stereocenters. The van der Waals surface area contributed by atoms with Gasteiger partial charge in [0.1, 0.15) is 18.9 Å². The van der Waals surface area contributed by atoms with Crippen LogP contribution in [0.3, 0.4) is 0 Å². The van der Waals surface area contributed by atoms with Crippen molar-refractivity contribution >= 4 is 23.6 Å². The number of carbonyl (C=O) groups is 2. The van der Waals surface area contributed by atoms with Crippen molar-refractivity contribution in [3.63, 3.8) is 0 Å². The van der Waals surface area contributed by atoms with E-state index in [1.807, 2.05) is 13.8 Å². The maximum absolute atomic E-state index is 12.4. The van der Waals surface area contributed by atoms with Gasteiger partial charge in [0.15, 0.2) is 0 Å². The lowest BCUT2D eigenvalue weighted by atomic mass is 10.2. The Morgan fingerprint density at radius 1 is 1.50 bits per heavy atom. The zero-order chi connectivity index (χ0) is 14.7. The minimum atomic E-state index is -0.392. The highest BCUT2D eigenvalue weighted by atomic mass is 32.2. The lowest BCUT2D eigenvalue weighted by Gasteiger charge is -2.29. The van der Waals surface area contributed by atoms with Crippen molar-refractivity contribution < 1.29 is 9.59 Å². The SMILES string of the molecule is CC(C)N(C)C(=O)[C@@H]1CSCN1C(=O)Cn1cnnn1. The van der Waals surface area contributed by atoms with Crippen molar-refractivity contribution in [2.45, 2.75) is 32.5 Å². The summed E-state index contributed by atoms with van der Waals surface area (Å²) in [4.78, 5) is 27.9. The number of nitrogens with zero attached hydrogens (tertiary/aromatic N) is 6. The first-order chi connectivity index (χ1) is 9.50. The van der Waals surface area contributed by atoms with Gasteiger partial charge < -0.3 is 9.80 Å². The lowest BCUT2D eigenvalue weighted by molar-refractivity contribution is -0.143. The third-order valence-corrected chi connectivity index (χ3v) is 4.31. The summed E-state index contributed by atoms with van der Waals surface area (Å²) >= 11 is 1.59. The van der Waals surface area contributed by atoms with Crippen LogP contribution in [0.25, 0.3) is 0 Å². The lowest BCUT2D eigenvalue weighted by Crippen LogP contribution is -2.50. The van der Waals surface area contributed by atoms with Gasteiger partial charge in [0.05, 0.1) is 5.88 Å². The average molecular weight is 298 g/mol. The smallest absolute Gasteiger partial charge is 0.246 e. The van der Waals surface area contributed by atoms with E-state index in [-0.39, 0.29) is 24.4 Å². The Morgan fingerprint density at radius 2 is 2.25 bits per heavy atom. The Bertz CT molecular complexity index is 477. The van der Waals surface area contributed by atoms with Gasteiger partial charge in [-0.3, -0.25) is 9.59 Å². The fraction of sp³-hybridized carbons (Fsp3) is 0.727. The molecule has 110 valence electrons. The molecule has 0 N–H and O–H groups in total. The molecule has 1 aliphatic heterocycles. The average Bonchev–Trinajstić information content (AvgIpc) is 3.07. The van der Waals surface area contributed by atoms with Crippen LogP contribution in [0.15, 0.2) is 6.33 Å². The highest BCUT2D eigenvalue weighted by Gasteiger charge is 2.36. The Labute approximate surface area is 121 Å². The van der Waals surface area contributed by atoms with E-state index in [4.69, 9.17) is 0 Å². The highest BCUT2D eigenvalue weighted by Crippen LogP contribution is 2.23. The van der Waals surface area contributed by atoms with Crippen LogP contribution >= 0.6 is 11.8 Å². The van der Waals surface area contributed by atoms with Gasteiger partial charge in [-0.05, 0) is 24.3 Å². The molecule has 0 saturated carbocycles. The summed E-state index contributed by atoms with van der Waals surface area (Å²) in [7, 11) is 1.76. The van der Waals surface area contributed by atoms with E-state index in [0.717, 1.165) is 0 Å². The molecule has 2 amide bonds. The summed E-state index contributed by atoms with van der Waals surface area (Å²) in [5, 5.41) is 10.6. The summed E-state index contributed by atoms with van der Waals surface area (Å²) in [6.45, 7) is 3.96. The van der Waals surface area contributed by atoms with Crippen molar-refractivity contribution in [3.05, 3.63) is 6.33 Å². The van der Waals surface area contributed by atoms with E-state index in [0.29, 0.717) is 11.6 Å². The van der Waals surface area contributed by atoms with E-state index in [1.54, 1.807) is 28.6 Å². The predicted octanol–water partition coefficient (Wildman–Crippen LogP) is -0.559. The maximum Gasteiger partial charge on any atom is 0.246 e. The topological polar surface area (TPSA) is 84.2 Å². The Balaban J connectivity index is 2.03. The quantitative estimate of drug-likeness (QED) is 0.741. The van der Waals surface area contributed by atoms with Crippen molar-refractivity contribution in [2.75, 3.05) is 18.7 Å². The van der Waals surface area contributed by atoms with Gasteiger partial charge >= 0.3 is 0 Å². The number of tetrazole rings is 1. The molecule has 20 heavy (non-hydrogen) atoms. The third kappa shape index (κ3) is 3.09. The fourth-order valence-electron chi connectivity index (χ4n) is 1.86. The molecule has 0 radical (unpaired) electrons. The van der Waals surface area contributed by atoms with Gasteiger partial charge in [-0.1, -0.05) is 0 Å². The Kier molecular flexibility index (Phi) is 4.58. The molecule has 2 heterocycles. The minimum Gasteiger partial charge on any atom is -0.342 e. The predicted molar refractivity (Wildman–Crippen MR) is 73.7 cm³/mol. The second-order valence-electron chi connectivity index (χ2n) is 4.93. The van der Waals surface area contributed by atoms with Crippen molar-refractivity contribution in [3.8, 4) is 0 Å². The molecule has 0 spiro atoms. The molecular weight excluding hydrogens is 280 g/mol. The molecule has 0 aliphatic carbocycles. The molecule has 1 aliphatic rings. The van der Waals surface area contributed by atoms with Gasteiger partial charge in [-0.25, -0.2) is 4.68 Å². The second kappa shape index (κ2) is 6.21. The third-order valence-electron chi connectivity index (χ3n) is 3.30. The van der Waals surface area contributed by atoms with Crippen LogP contribution in [0.1, 0.15) is 13.8 Å².